The molecule has 2 rings (SSSR count). The Morgan fingerprint density at radius 1 is 0.880 bits per heavy atom. The minimum absolute atomic E-state index is 0.0601. The molecule has 0 spiro atoms. The summed E-state index contributed by atoms with van der Waals surface area (Å²) in [6, 6.07) is 15.2. The molecule has 0 saturated carbocycles. The van der Waals surface area contributed by atoms with E-state index in [-0.39, 0.29) is 17.0 Å². The van der Waals surface area contributed by atoms with Crippen LogP contribution in [0.4, 0.5) is 5.69 Å². The molecule has 0 bridgehead atoms. The Bertz CT molecular complexity index is 757. The number of esters is 2. The zero-order valence-corrected chi connectivity index (χ0v) is 14.1. The third kappa shape index (κ3) is 4.44. The summed E-state index contributed by atoms with van der Waals surface area (Å²) in [6.45, 7) is 1.86. The van der Waals surface area contributed by atoms with E-state index in [4.69, 9.17) is 4.74 Å². The van der Waals surface area contributed by atoms with Gasteiger partial charge >= 0.3 is 11.9 Å². The van der Waals surface area contributed by atoms with Crippen LogP contribution in [0.2, 0.25) is 0 Å². The van der Waals surface area contributed by atoms with E-state index in [1.807, 2.05) is 25.1 Å². The molecule has 6 nitrogen and oxygen atoms in total. The van der Waals surface area contributed by atoms with Crippen molar-refractivity contribution in [2.45, 2.75) is 6.92 Å². The van der Waals surface area contributed by atoms with Crippen molar-refractivity contribution in [2.24, 2.45) is 0 Å². The number of nitrogens with zero attached hydrogens (tertiary/aromatic N) is 1. The highest BCUT2D eigenvalue weighted by Gasteiger charge is 2.21. The maximum Gasteiger partial charge on any atom is 0.339 e. The third-order valence-electron chi connectivity index (χ3n) is 3.56. The van der Waals surface area contributed by atoms with E-state index in [9.17, 15) is 14.4 Å². The Morgan fingerprint density at radius 2 is 1.44 bits per heavy atom. The van der Waals surface area contributed by atoms with Gasteiger partial charge in [-0.15, -0.1) is 0 Å². The van der Waals surface area contributed by atoms with Crippen LogP contribution in [0.1, 0.15) is 27.6 Å². The first-order valence-corrected chi connectivity index (χ1v) is 7.78. The van der Waals surface area contributed by atoms with Crippen LogP contribution in [0.25, 0.3) is 0 Å². The molecule has 0 atom stereocenters. The molecular weight excluding hydrogens is 322 g/mol. The molecule has 25 heavy (non-hydrogen) atoms. The van der Waals surface area contributed by atoms with E-state index in [2.05, 4.69) is 4.74 Å². The van der Waals surface area contributed by atoms with Gasteiger partial charge in [0.05, 0.1) is 18.2 Å². The molecule has 130 valence electrons. The van der Waals surface area contributed by atoms with Gasteiger partial charge in [0.15, 0.2) is 6.61 Å². The van der Waals surface area contributed by atoms with Gasteiger partial charge in [0.25, 0.3) is 5.91 Å². The summed E-state index contributed by atoms with van der Waals surface area (Å²) >= 11 is 0. The summed E-state index contributed by atoms with van der Waals surface area (Å²) in [6.07, 6.45) is 0. The fourth-order valence-electron chi connectivity index (χ4n) is 2.34. The average Bonchev–Trinajstić information content (AvgIpc) is 2.67. The van der Waals surface area contributed by atoms with E-state index in [0.717, 1.165) is 5.69 Å². The SMILES string of the molecule is CCN(C(=O)COC(=O)c1ccccc1C(=O)OC)c1ccccc1. The number of ether oxygens (including phenoxy) is 2. The Hall–Kier alpha value is -3.15. The lowest BCUT2D eigenvalue weighted by atomic mass is 10.1. The first-order valence-electron chi connectivity index (χ1n) is 7.78. The maximum atomic E-state index is 12.3. The summed E-state index contributed by atoms with van der Waals surface area (Å²) in [5, 5.41) is 0. The molecule has 0 N–H and O–H groups in total. The van der Waals surface area contributed by atoms with Gasteiger partial charge in [-0.05, 0) is 31.2 Å². The van der Waals surface area contributed by atoms with Gasteiger partial charge < -0.3 is 14.4 Å². The Balaban J connectivity index is 2.07. The summed E-state index contributed by atoms with van der Waals surface area (Å²) < 4.78 is 9.74. The number of benzene rings is 2. The number of hydrogen-bond acceptors (Lipinski definition) is 5. The van der Waals surface area contributed by atoms with Crippen molar-refractivity contribution in [2.75, 3.05) is 25.2 Å². The number of carbonyl (C=O) groups is 3. The molecule has 0 aliphatic rings. The van der Waals surface area contributed by atoms with Crippen molar-refractivity contribution in [3.05, 3.63) is 65.7 Å². The topological polar surface area (TPSA) is 72.9 Å². The van der Waals surface area contributed by atoms with E-state index in [1.165, 1.54) is 24.1 Å². The summed E-state index contributed by atoms with van der Waals surface area (Å²) in [4.78, 5) is 37.8. The van der Waals surface area contributed by atoms with E-state index in [1.54, 1.807) is 24.3 Å². The lowest BCUT2D eigenvalue weighted by molar-refractivity contribution is -0.121. The predicted octanol–water partition coefficient (Wildman–Crippen LogP) is 2.68. The molecule has 0 radical (unpaired) electrons. The highest BCUT2D eigenvalue weighted by molar-refractivity contribution is 6.04. The number of anilines is 1. The van der Waals surface area contributed by atoms with Crippen molar-refractivity contribution in [1.82, 2.24) is 0 Å². The average molecular weight is 341 g/mol. The van der Waals surface area contributed by atoms with Crippen molar-refractivity contribution in [1.29, 1.82) is 0 Å². The van der Waals surface area contributed by atoms with Crippen LogP contribution in [0.5, 0.6) is 0 Å². The molecule has 0 heterocycles. The van der Waals surface area contributed by atoms with Crippen LogP contribution in [0, 0.1) is 0 Å². The van der Waals surface area contributed by atoms with Crippen LogP contribution in [-0.2, 0) is 14.3 Å². The van der Waals surface area contributed by atoms with E-state index >= 15 is 0 Å². The second-order valence-electron chi connectivity index (χ2n) is 5.09. The molecule has 2 aromatic carbocycles. The quantitative estimate of drug-likeness (QED) is 0.755. The monoisotopic (exact) mass is 341 g/mol. The van der Waals surface area contributed by atoms with Gasteiger partial charge in [-0.3, -0.25) is 4.79 Å². The fraction of sp³-hybridized carbons (Fsp3) is 0.211. The van der Waals surface area contributed by atoms with Gasteiger partial charge in [0.1, 0.15) is 0 Å². The molecule has 2 aromatic rings. The van der Waals surface area contributed by atoms with Gasteiger partial charge in [0.2, 0.25) is 0 Å². The van der Waals surface area contributed by atoms with Crippen LogP contribution in [0.15, 0.2) is 54.6 Å². The molecule has 0 aliphatic carbocycles. The number of para-hydroxylation sites is 1. The van der Waals surface area contributed by atoms with Crippen LogP contribution in [0.3, 0.4) is 0 Å². The number of hydrogen-bond donors (Lipinski definition) is 0. The molecule has 0 aromatic heterocycles. The number of amides is 1. The van der Waals surface area contributed by atoms with Gasteiger partial charge in [-0.25, -0.2) is 9.59 Å². The van der Waals surface area contributed by atoms with Crippen molar-refractivity contribution >= 4 is 23.5 Å². The molecular formula is C19H19NO5. The smallest absolute Gasteiger partial charge is 0.339 e. The minimum atomic E-state index is -0.751. The standard InChI is InChI=1S/C19H19NO5/c1-3-20(14-9-5-4-6-10-14)17(21)13-25-19(23)16-12-8-7-11-15(16)18(22)24-2/h4-12H,3,13H2,1-2H3. The molecule has 0 aliphatic heterocycles. The van der Waals surface area contributed by atoms with Crippen LogP contribution < -0.4 is 4.90 Å². The maximum absolute atomic E-state index is 12.3. The van der Waals surface area contributed by atoms with Crippen LogP contribution >= 0.6 is 0 Å². The Kier molecular flexibility index (Phi) is 6.28. The Morgan fingerprint density at radius 3 is 2.00 bits per heavy atom. The fourth-order valence-corrected chi connectivity index (χ4v) is 2.34. The summed E-state index contributed by atoms with van der Waals surface area (Å²) in [5.74, 6) is -1.74. The lowest BCUT2D eigenvalue weighted by Crippen LogP contribution is -2.34. The normalized spacial score (nSPS) is 10.0. The molecule has 6 heteroatoms. The molecule has 0 fully saturated rings. The number of carbonyl (C=O) groups excluding carboxylic acids is 3. The van der Waals surface area contributed by atoms with Crippen molar-refractivity contribution < 1.29 is 23.9 Å². The first-order chi connectivity index (χ1) is 12.1. The highest BCUT2D eigenvalue weighted by Crippen LogP contribution is 2.14. The number of methoxy groups -OCH3 is 1. The van der Waals surface area contributed by atoms with Gasteiger partial charge in [-0.2, -0.15) is 0 Å². The summed E-state index contributed by atoms with van der Waals surface area (Å²) in [7, 11) is 1.23. The molecule has 0 saturated heterocycles. The molecule has 1 amide bonds. The van der Waals surface area contributed by atoms with Crippen molar-refractivity contribution in [3.8, 4) is 0 Å². The number of rotatable bonds is 6. The first kappa shape index (κ1) is 18.2. The predicted molar refractivity (Wildman–Crippen MR) is 92.5 cm³/mol. The van der Waals surface area contributed by atoms with Crippen molar-refractivity contribution in [3.63, 3.8) is 0 Å². The third-order valence-corrected chi connectivity index (χ3v) is 3.56. The minimum Gasteiger partial charge on any atom is -0.465 e. The highest BCUT2D eigenvalue weighted by atomic mass is 16.5. The lowest BCUT2D eigenvalue weighted by Gasteiger charge is -2.20. The Labute approximate surface area is 146 Å². The van der Waals surface area contributed by atoms with E-state index < -0.39 is 18.5 Å². The van der Waals surface area contributed by atoms with Crippen LogP contribution in [-0.4, -0.2) is 38.1 Å². The zero-order valence-electron chi connectivity index (χ0n) is 14.1. The largest absolute Gasteiger partial charge is 0.465 e. The molecule has 0 unspecified atom stereocenters. The van der Waals surface area contributed by atoms with E-state index in [0.29, 0.717) is 6.54 Å². The van der Waals surface area contributed by atoms with Gasteiger partial charge in [-0.1, -0.05) is 30.3 Å². The summed E-state index contributed by atoms with van der Waals surface area (Å²) in [5.41, 5.74) is 0.878. The zero-order chi connectivity index (χ0) is 18.2. The van der Waals surface area contributed by atoms with Gasteiger partial charge in [0, 0.05) is 12.2 Å². The number of likely N-dealkylation sites (N-methyl/N-ethyl adjacent to an activating group) is 1. The second-order valence-corrected chi connectivity index (χ2v) is 5.09. The second kappa shape index (κ2) is 8.63.